The lowest BCUT2D eigenvalue weighted by Gasteiger charge is -2.15. The van der Waals surface area contributed by atoms with Crippen LogP contribution in [0.25, 0.3) is 10.9 Å². The first-order chi connectivity index (χ1) is 10.7. The predicted molar refractivity (Wildman–Crippen MR) is 85.8 cm³/mol. The largest absolute Gasteiger partial charge is 0.359 e. The molecule has 0 atom stereocenters. The van der Waals surface area contributed by atoms with E-state index in [-0.39, 0.29) is 11.9 Å². The maximum absolute atomic E-state index is 11.9. The summed E-state index contributed by atoms with van der Waals surface area (Å²) < 4.78 is 0. The van der Waals surface area contributed by atoms with Crippen LogP contribution in [0.1, 0.15) is 19.3 Å². The minimum atomic E-state index is -0.225. The summed E-state index contributed by atoms with van der Waals surface area (Å²) in [5.74, 6) is 0.225. The Morgan fingerprint density at radius 3 is 3.00 bits per heavy atom. The Morgan fingerprint density at radius 2 is 2.18 bits per heavy atom. The molecule has 0 bridgehead atoms. The predicted octanol–water partition coefficient (Wildman–Crippen LogP) is 2.30. The van der Waals surface area contributed by atoms with Crippen molar-refractivity contribution in [2.75, 3.05) is 25.0 Å². The molecule has 1 fully saturated rings. The van der Waals surface area contributed by atoms with E-state index in [9.17, 15) is 9.59 Å². The molecule has 0 unspecified atom stereocenters. The van der Waals surface area contributed by atoms with Crippen molar-refractivity contribution in [3.8, 4) is 0 Å². The summed E-state index contributed by atoms with van der Waals surface area (Å²) in [4.78, 5) is 28.3. The van der Waals surface area contributed by atoms with Crippen LogP contribution in [-0.4, -0.2) is 41.5 Å². The number of nitrogens with one attached hydrogen (secondary N) is 3. The maximum Gasteiger partial charge on any atom is 0.319 e. The van der Waals surface area contributed by atoms with Gasteiger partial charge in [0, 0.05) is 43.2 Å². The summed E-state index contributed by atoms with van der Waals surface area (Å²) in [5.41, 5.74) is 1.76. The van der Waals surface area contributed by atoms with Crippen LogP contribution in [0.4, 0.5) is 10.5 Å². The number of nitrogens with zero attached hydrogens (tertiary/aromatic N) is 1. The molecule has 1 aromatic carbocycles. The lowest BCUT2D eigenvalue weighted by Crippen LogP contribution is -2.32. The number of hydrogen-bond donors (Lipinski definition) is 3. The fourth-order valence-corrected chi connectivity index (χ4v) is 2.75. The van der Waals surface area contributed by atoms with Crippen molar-refractivity contribution < 1.29 is 9.59 Å². The zero-order chi connectivity index (χ0) is 15.4. The Bertz CT molecular complexity index is 680. The number of rotatable bonds is 5. The highest BCUT2D eigenvalue weighted by atomic mass is 16.2. The smallest absolute Gasteiger partial charge is 0.319 e. The van der Waals surface area contributed by atoms with Crippen molar-refractivity contribution in [2.24, 2.45) is 0 Å². The molecule has 0 radical (unpaired) electrons. The Morgan fingerprint density at radius 1 is 1.32 bits per heavy atom. The molecule has 6 nitrogen and oxygen atoms in total. The summed E-state index contributed by atoms with van der Waals surface area (Å²) in [6.07, 6.45) is 4.17. The maximum atomic E-state index is 11.9. The molecule has 3 amide bonds. The van der Waals surface area contributed by atoms with Gasteiger partial charge in [0.2, 0.25) is 5.91 Å². The molecule has 1 saturated heterocycles. The van der Waals surface area contributed by atoms with Gasteiger partial charge in [0.15, 0.2) is 0 Å². The third kappa shape index (κ3) is 3.21. The summed E-state index contributed by atoms with van der Waals surface area (Å²) in [7, 11) is 0. The summed E-state index contributed by atoms with van der Waals surface area (Å²) in [5, 5.41) is 6.65. The van der Waals surface area contributed by atoms with E-state index in [4.69, 9.17) is 0 Å². The molecule has 6 heteroatoms. The Balaban J connectivity index is 1.43. The van der Waals surface area contributed by atoms with Crippen LogP contribution < -0.4 is 10.6 Å². The van der Waals surface area contributed by atoms with Crippen molar-refractivity contribution in [1.82, 2.24) is 15.2 Å². The number of hydrogen-bond acceptors (Lipinski definition) is 2. The average Bonchev–Trinajstić information content (AvgIpc) is 3.11. The first-order valence-corrected chi connectivity index (χ1v) is 7.63. The van der Waals surface area contributed by atoms with Crippen molar-refractivity contribution in [1.29, 1.82) is 0 Å². The molecule has 2 aromatic rings. The number of carbonyl (C=O) groups excluding carboxylic acids is 2. The molecule has 3 N–H and O–H groups in total. The first-order valence-electron chi connectivity index (χ1n) is 7.63. The molecule has 22 heavy (non-hydrogen) atoms. The molecule has 2 heterocycles. The minimum Gasteiger partial charge on any atom is -0.359 e. The van der Waals surface area contributed by atoms with Crippen molar-refractivity contribution in [3.63, 3.8) is 0 Å². The molecular weight excluding hydrogens is 280 g/mol. The third-order valence-corrected chi connectivity index (χ3v) is 3.90. The van der Waals surface area contributed by atoms with Gasteiger partial charge in [0.05, 0.1) is 5.69 Å². The van der Waals surface area contributed by atoms with Gasteiger partial charge < -0.3 is 20.5 Å². The number of para-hydroxylation sites is 1. The molecule has 1 aliphatic rings. The number of aromatic amines is 1. The fraction of sp³-hybridized carbons (Fsp3) is 0.375. The first kappa shape index (κ1) is 14.4. The van der Waals surface area contributed by atoms with Gasteiger partial charge in [0.1, 0.15) is 0 Å². The second kappa shape index (κ2) is 6.51. The van der Waals surface area contributed by atoms with Crippen LogP contribution in [0.2, 0.25) is 0 Å². The normalized spacial score (nSPS) is 14.5. The Hall–Kier alpha value is -2.50. The third-order valence-electron chi connectivity index (χ3n) is 3.90. The van der Waals surface area contributed by atoms with E-state index < -0.39 is 0 Å². The summed E-state index contributed by atoms with van der Waals surface area (Å²) in [6, 6.07) is 7.58. The monoisotopic (exact) mass is 300 g/mol. The summed E-state index contributed by atoms with van der Waals surface area (Å²) >= 11 is 0. The van der Waals surface area contributed by atoms with E-state index in [2.05, 4.69) is 15.6 Å². The highest BCUT2D eigenvalue weighted by Crippen LogP contribution is 2.22. The second-order valence-corrected chi connectivity index (χ2v) is 5.47. The number of fused-ring (bicyclic) bond motifs is 1. The van der Waals surface area contributed by atoms with Gasteiger partial charge in [-0.2, -0.15) is 0 Å². The molecule has 0 spiro atoms. The number of benzene rings is 1. The Kier molecular flexibility index (Phi) is 4.27. The SMILES string of the molecule is O=C(NCCCN1CCCC1=O)Nc1c[nH]c2ccccc12. The highest BCUT2D eigenvalue weighted by molar-refractivity contribution is 6.00. The van der Waals surface area contributed by atoms with Gasteiger partial charge >= 0.3 is 6.03 Å². The van der Waals surface area contributed by atoms with Gasteiger partial charge in [-0.15, -0.1) is 0 Å². The number of H-pyrrole nitrogens is 1. The number of likely N-dealkylation sites (tertiary alicyclic amines) is 1. The van der Waals surface area contributed by atoms with E-state index in [1.165, 1.54) is 0 Å². The minimum absolute atomic E-state index is 0.225. The van der Waals surface area contributed by atoms with Gasteiger partial charge in [-0.05, 0) is 18.9 Å². The fourth-order valence-electron chi connectivity index (χ4n) is 2.75. The van der Waals surface area contributed by atoms with Crippen LogP contribution in [0.3, 0.4) is 0 Å². The van der Waals surface area contributed by atoms with E-state index >= 15 is 0 Å². The van der Waals surface area contributed by atoms with Crippen molar-refractivity contribution in [3.05, 3.63) is 30.5 Å². The highest BCUT2D eigenvalue weighted by Gasteiger charge is 2.19. The van der Waals surface area contributed by atoms with Gasteiger partial charge in [-0.3, -0.25) is 4.79 Å². The topological polar surface area (TPSA) is 77.2 Å². The molecule has 3 rings (SSSR count). The number of urea groups is 1. The molecular formula is C16H20N4O2. The molecule has 1 aromatic heterocycles. The van der Waals surface area contributed by atoms with Crippen LogP contribution in [0, 0.1) is 0 Å². The van der Waals surface area contributed by atoms with E-state index in [1.54, 1.807) is 6.20 Å². The zero-order valence-electron chi connectivity index (χ0n) is 12.4. The molecule has 0 aliphatic carbocycles. The zero-order valence-corrected chi connectivity index (χ0v) is 12.4. The molecule has 116 valence electrons. The standard InChI is InChI=1S/C16H20N4O2/c21-15-7-3-9-20(15)10-4-8-17-16(22)19-14-11-18-13-6-2-1-5-12(13)14/h1-2,5-6,11,18H,3-4,7-10H2,(H2,17,19,22). The van der Waals surface area contributed by atoms with Gasteiger partial charge in [0.25, 0.3) is 0 Å². The van der Waals surface area contributed by atoms with E-state index in [0.717, 1.165) is 36.0 Å². The summed E-state index contributed by atoms with van der Waals surface area (Å²) in [6.45, 7) is 2.12. The average molecular weight is 300 g/mol. The van der Waals surface area contributed by atoms with Crippen molar-refractivity contribution in [2.45, 2.75) is 19.3 Å². The number of amides is 3. The van der Waals surface area contributed by atoms with Crippen LogP contribution >= 0.6 is 0 Å². The van der Waals surface area contributed by atoms with Crippen LogP contribution in [-0.2, 0) is 4.79 Å². The van der Waals surface area contributed by atoms with Gasteiger partial charge in [-0.1, -0.05) is 18.2 Å². The quantitative estimate of drug-likeness (QED) is 0.741. The number of anilines is 1. The van der Waals surface area contributed by atoms with E-state index in [0.29, 0.717) is 19.5 Å². The van der Waals surface area contributed by atoms with Gasteiger partial charge in [-0.25, -0.2) is 4.79 Å². The Labute approximate surface area is 128 Å². The van der Waals surface area contributed by atoms with Crippen molar-refractivity contribution >= 4 is 28.5 Å². The van der Waals surface area contributed by atoms with E-state index in [1.807, 2.05) is 29.2 Å². The number of carbonyl (C=O) groups is 2. The number of aromatic nitrogens is 1. The van der Waals surface area contributed by atoms with Crippen LogP contribution in [0.15, 0.2) is 30.5 Å². The molecule has 1 aliphatic heterocycles. The second-order valence-electron chi connectivity index (χ2n) is 5.47. The lowest BCUT2D eigenvalue weighted by molar-refractivity contribution is -0.127. The molecule has 0 saturated carbocycles. The lowest BCUT2D eigenvalue weighted by atomic mass is 10.2. The van der Waals surface area contributed by atoms with Crippen LogP contribution in [0.5, 0.6) is 0 Å².